The van der Waals surface area contributed by atoms with Gasteiger partial charge in [-0.25, -0.2) is 0 Å². The Morgan fingerprint density at radius 2 is 2.35 bits per heavy atom. The van der Waals surface area contributed by atoms with Gasteiger partial charge < -0.3 is 4.90 Å². The molecule has 1 aromatic carbocycles. The average molecular weight is 252 g/mol. The second-order valence-corrected chi connectivity index (χ2v) is 5.33. The van der Waals surface area contributed by atoms with Gasteiger partial charge in [0.2, 0.25) is 5.91 Å². The summed E-state index contributed by atoms with van der Waals surface area (Å²) in [5.41, 5.74) is 1.00. The summed E-state index contributed by atoms with van der Waals surface area (Å²) in [4.78, 5) is 14.1. The lowest BCUT2D eigenvalue weighted by Gasteiger charge is -2.31. The first-order chi connectivity index (χ1) is 8.15. The van der Waals surface area contributed by atoms with Crippen LogP contribution >= 0.6 is 11.6 Å². The van der Waals surface area contributed by atoms with Gasteiger partial charge in [-0.05, 0) is 36.5 Å². The second-order valence-electron chi connectivity index (χ2n) is 4.89. The molecule has 0 bridgehead atoms. The van der Waals surface area contributed by atoms with Crippen LogP contribution in [0.15, 0.2) is 24.3 Å². The molecule has 0 saturated carbocycles. The number of nitrogens with zero attached hydrogens (tertiary/aromatic N) is 1. The molecule has 1 saturated heterocycles. The molecule has 0 aliphatic carbocycles. The summed E-state index contributed by atoms with van der Waals surface area (Å²) in [5, 5.41) is 0.697. The first-order valence-electron chi connectivity index (χ1n) is 6.17. The van der Waals surface area contributed by atoms with Gasteiger partial charge in [0, 0.05) is 18.1 Å². The third kappa shape index (κ3) is 3.47. The summed E-state index contributed by atoms with van der Waals surface area (Å²) >= 11 is 5.91. The summed E-state index contributed by atoms with van der Waals surface area (Å²) in [6.45, 7) is 4.02. The van der Waals surface area contributed by atoms with Gasteiger partial charge in [0.15, 0.2) is 0 Å². The summed E-state index contributed by atoms with van der Waals surface area (Å²) in [6.07, 6.45) is 2.83. The molecule has 0 aromatic heterocycles. The van der Waals surface area contributed by atoms with Crippen molar-refractivity contribution in [3.05, 3.63) is 34.9 Å². The molecule has 17 heavy (non-hydrogen) atoms. The van der Waals surface area contributed by atoms with E-state index in [0.717, 1.165) is 25.1 Å². The standard InChI is InChI=1S/C14H18ClNO/c1-11-4-3-7-16(10-11)14(17)9-12-5-2-6-13(15)8-12/h2,5-6,8,11H,3-4,7,9-10H2,1H3/t11-/m0/s1. The first-order valence-corrected chi connectivity index (χ1v) is 6.55. The number of halogens is 1. The monoisotopic (exact) mass is 251 g/mol. The van der Waals surface area contributed by atoms with Gasteiger partial charge in [-0.15, -0.1) is 0 Å². The van der Waals surface area contributed by atoms with Crippen LogP contribution < -0.4 is 0 Å². The SMILES string of the molecule is C[C@H]1CCCN(C(=O)Cc2cccc(Cl)c2)C1. The number of piperidine rings is 1. The van der Waals surface area contributed by atoms with E-state index < -0.39 is 0 Å². The van der Waals surface area contributed by atoms with Gasteiger partial charge in [0.1, 0.15) is 0 Å². The van der Waals surface area contributed by atoms with Crippen LogP contribution in [0.4, 0.5) is 0 Å². The summed E-state index contributed by atoms with van der Waals surface area (Å²) in [7, 11) is 0. The van der Waals surface area contributed by atoms with Gasteiger partial charge in [-0.1, -0.05) is 30.7 Å². The van der Waals surface area contributed by atoms with E-state index in [9.17, 15) is 4.79 Å². The number of hydrogen-bond acceptors (Lipinski definition) is 1. The number of amides is 1. The average Bonchev–Trinajstić information content (AvgIpc) is 2.29. The lowest BCUT2D eigenvalue weighted by molar-refractivity contribution is -0.132. The first kappa shape index (κ1) is 12.4. The number of benzene rings is 1. The topological polar surface area (TPSA) is 20.3 Å². The highest BCUT2D eigenvalue weighted by Crippen LogP contribution is 2.17. The molecular weight excluding hydrogens is 234 g/mol. The van der Waals surface area contributed by atoms with Crippen LogP contribution in [0.5, 0.6) is 0 Å². The third-order valence-corrected chi connectivity index (χ3v) is 3.49. The molecule has 2 rings (SSSR count). The highest BCUT2D eigenvalue weighted by atomic mass is 35.5. The lowest BCUT2D eigenvalue weighted by atomic mass is 9.99. The molecule has 92 valence electrons. The Morgan fingerprint density at radius 3 is 3.06 bits per heavy atom. The molecule has 3 heteroatoms. The highest BCUT2D eigenvalue weighted by molar-refractivity contribution is 6.30. The Morgan fingerprint density at radius 1 is 1.53 bits per heavy atom. The maximum absolute atomic E-state index is 12.1. The summed E-state index contributed by atoms with van der Waals surface area (Å²) in [6, 6.07) is 7.55. The van der Waals surface area contributed by atoms with E-state index in [2.05, 4.69) is 6.92 Å². The third-order valence-electron chi connectivity index (χ3n) is 3.25. The molecule has 0 radical (unpaired) electrons. The largest absolute Gasteiger partial charge is 0.342 e. The Bertz CT molecular complexity index is 405. The maximum Gasteiger partial charge on any atom is 0.226 e. The predicted molar refractivity (Wildman–Crippen MR) is 70.1 cm³/mol. The minimum atomic E-state index is 0.221. The van der Waals surface area contributed by atoms with Gasteiger partial charge in [0.25, 0.3) is 0 Å². The quantitative estimate of drug-likeness (QED) is 0.791. The molecule has 2 nitrogen and oxygen atoms in total. The van der Waals surface area contributed by atoms with Gasteiger partial charge in [-0.3, -0.25) is 4.79 Å². The van der Waals surface area contributed by atoms with E-state index in [1.807, 2.05) is 29.2 Å². The zero-order valence-corrected chi connectivity index (χ0v) is 10.9. The molecule has 1 aliphatic rings. The normalized spacial score (nSPS) is 20.4. The Balaban J connectivity index is 1.96. The van der Waals surface area contributed by atoms with Crippen LogP contribution in [-0.2, 0) is 11.2 Å². The van der Waals surface area contributed by atoms with Gasteiger partial charge >= 0.3 is 0 Å². The Hall–Kier alpha value is -1.02. The van der Waals surface area contributed by atoms with Crippen molar-refractivity contribution in [3.8, 4) is 0 Å². The highest BCUT2D eigenvalue weighted by Gasteiger charge is 2.20. The second kappa shape index (κ2) is 5.54. The van der Waals surface area contributed by atoms with Crippen LogP contribution in [0.1, 0.15) is 25.3 Å². The van der Waals surface area contributed by atoms with Crippen LogP contribution in [0.3, 0.4) is 0 Å². The van der Waals surface area contributed by atoms with E-state index in [-0.39, 0.29) is 5.91 Å². The number of carbonyl (C=O) groups is 1. The Labute approximate surface area is 108 Å². The van der Waals surface area contributed by atoms with Crippen LogP contribution in [0.2, 0.25) is 5.02 Å². The molecule has 0 spiro atoms. The van der Waals surface area contributed by atoms with E-state index >= 15 is 0 Å². The fourth-order valence-corrected chi connectivity index (χ4v) is 2.56. The molecule has 0 N–H and O–H groups in total. The van der Waals surface area contributed by atoms with Crippen molar-refractivity contribution in [1.82, 2.24) is 4.90 Å². The van der Waals surface area contributed by atoms with Crippen LogP contribution in [0.25, 0.3) is 0 Å². The maximum atomic E-state index is 12.1. The minimum Gasteiger partial charge on any atom is -0.342 e. The molecule has 0 unspecified atom stereocenters. The number of likely N-dealkylation sites (tertiary alicyclic amines) is 1. The van der Waals surface area contributed by atoms with E-state index in [1.165, 1.54) is 6.42 Å². The zero-order valence-electron chi connectivity index (χ0n) is 10.2. The van der Waals surface area contributed by atoms with Crippen molar-refractivity contribution in [2.24, 2.45) is 5.92 Å². The predicted octanol–water partition coefficient (Wildman–Crippen LogP) is 3.14. The number of rotatable bonds is 2. The van der Waals surface area contributed by atoms with Crippen molar-refractivity contribution in [1.29, 1.82) is 0 Å². The lowest BCUT2D eigenvalue weighted by Crippen LogP contribution is -2.39. The fourth-order valence-electron chi connectivity index (χ4n) is 2.35. The van der Waals surface area contributed by atoms with Crippen molar-refractivity contribution < 1.29 is 4.79 Å². The van der Waals surface area contributed by atoms with E-state index in [4.69, 9.17) is 11.6 Å². The van der Waals surface area contributed by atoms with Crippen LogP contribution in [0, 0.1) is 5.92 Å². The minimum absolute atomic E-state index is 0.221. The van der Waals surface area contributed by atoms with Gasteiger partial charge in [0.05, 0.1) is 6.42 Å². The smallest absolute Gasteiger partial charge is 0.226 e. The number of hydrogen-bond donors (Lipinski definition) is 0. The molecule has 1 atom stereocenters. The zero-order chi connectivity index (χ0) is 12.3. The molecular formula is C14H18ClNO. The molecule has 1 fully saturated rings. The number of carbonyl (C=O) groups excluding carboxylic acids is 1. The van der Waals surface area contributed by atoms with Crippen molar-refractivity contribution >= 4 is 17.5 Å². The van der Waals surface area contributed by atoms with Crippen molar-refractivity contribution in [3.63, 3.8) is 0 Å². The molecule has 1 heterocycles. The molecule has 1 amide bonds. The molecule has 1 aliphatic heterocycles. The summed E-state index contributed by atoms with van der Waals surface area (Å²) < 4.78 is 0. The van der Waals surface area contributed by atoms with E-state index in [1.54, 1.807) is 0 Å². The summed E-state index contributed by atoms with van der Waals surface area (Å²) in [5.74, 6) is 0.853. The van der Waals surface area contributed by atoms with Crippen molar-refractivity contribution in [2.75, 3.05) is 13.1 Å². The van der Waals surface area contributed by atoms with Crippen LogP contribution in [-0.4, -0.2) is 23.9 Å². The molecule has 1 aromatic rings. The Kier molecular flexibility index (Phi) is 4.06. The van der Waals surface area contributed by atoms with Gasteiger partial charge in [-0.2, -0.15) is 0 Å². The van der Waals surface area contributed by atoms with Crippen molar-refractivity contribution in [2.45, 2.75) is 26.2 Å². The fraction of sp³-hybridized carbons (Fsp3) is 0.500. The van der Waals surface area contributed by atoms with E-state index in [0.29, 0.717) is 17.4 Å².